The standard InChI is InChI=1S/C19H18N2O8/c1-29-18(27)15(6-10-2-4-14(22)5-3-10)21-19(28)20-13-8-11(16(23)24)7-12(9-13)17(25)26/h2-5,7-9,15,22H,6H2,1H3,(H,23,24)(H,25,26)(H2,20,21,28). The first-order valence-corrected chi connectivity index (χ1v) is 8.24. The second kappa shape index (κ2) is 9.22. The van der Waals surface area contributed by atoms with Gasteiger partial charge < -0.3 is 30.7 Å². The molecule has 0 saturated heterocycles. The van der Waals surface area contributed by atoms with Gasteiger partial charge in [-0.3, -0.25) is 0 Å². The molecule has 152 valence electrons. The number of phenolic OH excluding ortho intramolecular Hbond substituents is 1. The van der Waals surface area contributed by atoms with E-state index in [4.69, 9.17) is 10.2 Å². The molecule has 0 aliphatic rings. The van der Waals surface area contributed by atoms with Gasteiger partial charge >= 0.3 is 23.9 Å². The fraction of sp³-hybridized carbons (Fsp3) is 0.158. The fourth-order valence-electron chi connectivity index (χ4n) is 2.48. The molecule has 1 unspecified atom stereocenters. The summed E-state index contributed by atoms with van der Waals surface area (Å²) in [4.78, 5) is 46.6. The van der Waals surface area contributed by atoms with Crippen LogP contribution < -0.4 is 10.6 Å². The average molecular weight is 402 g/mol. The van der Waals surface area contributed by atoms with Crippen molar-refractivity contribution >= 4 is 29.6 Å². The van der Waals surface area contributed by atoms with Gasteiger partial charge in [-0.1, -0.05) is 12.1 Å². The van der Waals surface area contributed by atoms with Crippen LogP contribution in [0.3, 0.4) is 0 Å². The predicted molar refractivity (Wildman–Crippen MR) is 100 cm³/mol. The van der Waals surface area contributed by atoms with Gasteiger partial charge in [-0.05, 0) is 35.9 Å². The van der Waals surface area contributed by atoms with Crippen LogP contribution in [-0.2, 0) is 16.0 Å². The van der Waals surface area contributed by atoms with E-state index < -0.39 is 30.0 Å². The molecule has 0 radical (unpaired) electrons. The van der Waals surface area contributed by atoms with Crippen molar-refractivity contribution in [2.24, 2.45) is 0 Å². The molecular weight excluding hydrogens is 384 g/mol. The highest BCUT2D eigenvalue weighted by Crippen LogP contribution is 2.16. The molecule has 2 aromatic rings. The Hall–Kier alpha value is -4.08. The number of hydrogen-bond acceptors (Lipinski definition) is 6. The second-order valence-corrected chi connectivity index (χ2v) is 5.95. The number of nitrogens with one attached hydrogen (secondary N) is 2. The minimum atomic E-state index is -1.36. The Morgan fingerprint density at radius 1 is 0.966 bits per heavy atom. The summed E-state index contributed by atoms with van der Waals surface area (Å²) in [5.74, 6) is -3.41. The van der Waals surface area contributed by atoms with Crippen LogP contribution >= 0.6 is 0 Å². The molecular formula is C19H18N2O8. The lowest BCUT2D eigenvalue weighted by atomic mass is 10.1. The van der Waals surface area contributed by atoms with Crippen LogP contribution in [0.2, 0.25) is 0 Å². The Morgan fingerprint density at radius 2 is 1.52 bits per heavy atom. The molecule has 2 amide bonds. The van der Waals surface area contributed by atoms with E-state index in [1.807, 2.05) is 0 Å². The molecule has 0 fully saturated rings. The van der Waals surface area contributed by atoms with Crippen molar-refractivity contribution in [3.8, 4) is 5.75 Å². The number of aromatic hydroxyl groups is 1. The lowest BCUT2D eigenvalue weighted by molar-refractivity contribution is -0.142. The summed E-state index contributed by atoms with van der Waals surface area (Å²) in [6.45, 7) is 0. The third-order valence-corrected chi connectivity index (χ3v) is 3.85. The van der Waals surface area contributed by atoms with E-state index in [9.17, 15) is 24.3 Å². The molecule has 0 aliphatic heterocycles. The third-order valence-electron chi connectivity index (χ3n) is 3.85. The van der Waals surface area contributed by atoms with Crippen LogP contribution in [0.5, 0.6) is 5.75 Å². The summed E-state index contributed by atoms with van der Waals surface area (Å²) >= 11 is 0. The Bertz CT molecular complexity index is 907. The van der Waals surface area contributed by atoms with Gasteiger partial charge in [0.2, 0.25) is 0 Å². The molecule has 0 heterocycles. The number of phenols is 1. The van der Waals surface area contributed by atoms with Crippen molar-refractivity contribution in [1.29, 1.82) is 0 Å². The number of anilines is 1. The number of carbonyl (C=O) groups excluding carboxylic acids is 2. The number of amides is 2. The quantitative estimate of drug-likeness (QED) is 0.437. The number of rotatable bonds is 7. The Morgan fingerprint density at radius 3 is 2.00 bits per heavy atom. The maximum absolute atomic E-state index is 12.3. The molecule has 0 aromatic heterocycles. The van der Waals surface area contributed by atoms with Crippen molar-refractivity contribution in [3.05, 3.63) is 59.2 Å². The molecule has 10 heteroatoms. The summed E-state index contributed by atoms with van der Waals surface area (Å²) in [5, 5.41) is 32.2. The van der Waals surface area contributed by atoms with Crippen molar-refractivity contribution in [2.75, 3.05) is 12.4 Å². The zero-order valence-corrected chi connectivity index (χ0v) is 15.2. The molecule has 0 saturated carbocycles. The highest BCUT2D eigenvalue weighted by Gasteiger charge is 2.22. The number of carbonyl (C=O) groups is 4. The first-order valence-electron chi connectivity index (χ1n) is 8.24. The minimum absolute atomic E-state index is 0.0432. The molecule has 0 bridgehead atoms. The zero-order valence-electron chi connectivity index (χ0n) is 15.2. The molecule has 5 N–H and O–H groups in total. The second-order valence-electron chi connectivity index (χ2n) is 5.95. The zero-order chi connectivity index (χ0) is 21.6. The number of ether oxygens (including phenoxy) is 1. The summed E-state index contributed by atoms with van der Waals surface area (Å²) < 4.78 is 4.67. The highest BCUT2D eigenvalue weighted by atomic mass is 16.5. The van der Waals surface area contributed by atoms with Gasteiger partial charge in [0, 0.05) is 12.1 Å². The van der Waals surface area contributed by atoms with Crippen molar-refractivity contribution in [1.82, 2.24) is 5.32 Å². The fourth-order valence-corrected chi connectivity index (χ4v) is 2.48. The van der Waals surface area contributed by atoms with Gasteiger partial charge in [-0.15, -0.1) is 0 Å². The SMILES string of the molecule is COC(=O)C(Cc1ccc(O)cc1)NC(=O)Nc1cc(C(=O)O)cc(C(=O)O)c1. The van der Waals surface area contributed by atoms with Crippen molar-refractivity contribution < 1.29 is 39.2 Å². The van der Waals surface area contributed by atoms with Crippen LogP contribution in [0.1, 0.15) is 26.3 Å². The van der Waals surface area contributed by atoms with Crippen LogP contribution in [0.4, 0.5) is 10.5 Å². The van der Waals surface area contributed by atoms with Crippen LogP contribution in [0, 0.1) is 0 Å². The van der Waals surface area contributed by atoms with Crippen LogP contribution in [0.25, 0.3) is 0 Å². The Kier molecular flexibility index (Phi) is 6.75. The minimum Gasteiger partial charge on any atom is -0.508 e. The van der Waals surface area contributed by atoms with E-state index >= 15 is 0 Å². The number of carboxylic acid groups (broad SMARTS) is 2. The first-order chi connectivity index (χ1) is 13.7. The summed E-state index contributed by atoms with van der Waals surface area (Å²) in [7, 11) is 1.15. The number of benzene rings is 2. The van der Waals surface area contributed by atoms with Crippen molar-refractivity contribution in [2.45, 2.75) is 12.5 Å². The van der Waals surface area contributed by atoms with E-state index in [0.717, 1.165) is 25.3 Å². The van der Waals surface area contributed by atoms with Gasteiger partial charge in [0.15, 0.2) is 0 Å². The Balaban J connectivity index is 2.17. The third kappa shape index (κ3) is 5.96. The summed E-state index contributed by atoms with van der Waals surface area (Å²) in [6, 6.07) is 7.17. The molecule has 2 aromatic carbocycles. The number of esters is 1. The Labute approximate surface area is 164 Å². The average Bonchev–Trinajstić information content (AvgIpc) is 2.68. The molecule has 0 aliphatic carbocycles. The summed E-state index contributed by atoms with van der Waals surface area (Å²) in [5.41, 5.74) is -0.0878. The lowest BCUT2D eigenvalue weighted by Crippen LogP contribution is -2.45. The van der Waals surface area contributed by atoms with Gasteiger partial charge in [0.1, 0.15) is 11.8 Å². The van der Waals surface area contributed by atoms with E-state index in [1.165, 1.54) is 12.1 Å². The first kappa shape index (κ1) is 21.2. The van der Waals surface area contributed by atoms with E-state index in [2.05, 4.69) is 15.4 Å². The number of hydrogen-bond donors (Lipinski definition) is 5. The summed E-state index contributed by atoms with van der Waals surface area (Å²) in [6.07, 6.45) is 0.0654. The normalized spacial score (nSPS) is 11.2. The van der Waals surface area contributed by atoms with E-state index in [0.29, 0.717) is 5.56 Å². The largest absolute Gasteiger partial charge is 0.508 e. The number of urea groups is 1. The highest BCUT2D eigenvalue weighted by molar-refractivity contribution is 5.98. The smallest absolute Gasteiger partial charge is 0.335 e. The predicted octanol–water partition coefficient (Wildman–Crippen LogP) is 1.69. The maximum atomic E-state index is 12.3. The molecule has 2 rings (SSSR count). The lowest BCUT2D eigenvalue weighted by Gasteiger charge is -2.17. The van der Waals surface area contributed by atoms with Crippen LogP contribution in [0.15, 0.2) is 42.5 Å². The monoisotopic (exact) mass is 402 g/mol. The van der Waals surface area contributed by atoms with Gasteiger partial charge in [-0.25, -0.2) is 19.2 Å². The number of aromatic carboxylic acids is 2. The van der Waals surface area contributed by atoms with Crippen LogP contribution in [-0.4, -0.2) is 52.4 Å². The topological polar surface area (TPSA) is 162 Å². The molecule has 29 heavy (non-hydrogen) atoms. The molecule has 1 atom stereocenters. The van der Waals surface area contributed by atoms with Gasteiger partial charge in [0.25, 0.3) is 0 Å². The van der Waals surface area contributed by atoms with Gasteiger partial charge in [-0.2, -0.15) is 0 Å². The molecule has 10 nitrogen and oxygen atoms in total. The van der Waals surface area contributed by atoms with Gasteiger partial charge in [0.05, 0.1) is 18.2 Å². The number of methoxy groups -OCH3 is 1. The molecule has 0 spiro atoms. The van der Waals surface area contributed by atoms with Crippen molar-refractivity contribution in [3.63, 3.8) is 0 Å². The van der Waals surface area contributed by atoms with E-state index in [1.54, 1.807) is 12.1 Å². The maximum Gasteiger partial charge on any atom is 0.335 e. The van der Waals surface area contributed by atoms with E-state index in [-0.39, 0.29) is 29.0 Å². The number of carboxylic acids is 2.